The van der Waals surface area contributed by atoms with Gasteiger partial charge < -0.3 is 4.74 Å². The Morgan fingerprint density at radius 3 is 2.19 bits per heavy atom. The fraction of sp³-hybridized carbons (Fsp3) is 0.583. The molecule has 2 heteroatoms. The molecule has 0 aromatic heterocycles. The first-order valence-electron chi connectivity index (χ1n) is 9.61. The summed E-state index contributed by atoms with van der Waals surface area (Å²) in [6.45, 7) is 22.4. The molecule has 144 valence electrons. The zero-order valence-electron chi connectivity index (χ0n) is 18.3. The highest BCUT2D eigenvalue weighted by Gasteiger charge is 2.39. The topological polar surface area (TPSA) is 9.23 Å². The van der Waals surface area contributed by atoms with E-state index in [1.165, 1.54) is 21.6 Å². The molecular formula is C24H36OS. The predicted molar refractivity (Wildman–Crippen MR) is 117 cm³/mol. The zero-order chi connectivity index (χ0) is 19.9. The van der Waals surface area contributed by atoms with E-state index in [-0.39, 0.29) is 16.4 Å². The molecule has 1 aliphatic rings. The Morgan fingerprint density at radius 1 is 1.08 bits per heavy atom. The quantitative estimate of drug-likeness (QED) is 0.499. The lowest BCUT2D eigenvalue weighted by Gasteiger charge is -2.41. The second-order valence-electron chi connectivity index (χ2n) is 10.0. The van der Waals surface area contributed by atoms with Gasteiger partial charge in [0.2, 0.25) is 0 Å². The van der Waals surface area contributed by atoms with Crippen molar-refractivity contribution in [3.63, 3.8) is 0 Å². The third kappa shape index (κ3) is 4.57. The highest BCUT2D eigenvalue weighted by molar-refractivity contribution is 8.00. The third-order valence-electron chi connectivity index (χ3n) is 5.02. The van der Waals surface area contributed by atoms with Crippen molar-refractivity contribution in [3.05, 3.63) is 47.1 Å². The van der Waals surface area contributed by atoms with Gasteiger partial charge in [-0.05, 0) is 61.8 Å². The Morgan fingerprint density at radius 2 is 1.69 bits per heavy atom. The average Bonchev–Trinajstić information content (AvgIpc) is 2.45. The van der Waals surface area contributed by atoms with E-state index in [1.54, 1.807) is 0 Å². The molecule has 2 atom stereocenters. The van der Waals surface area contributed by atoms with E-state index >= 15 is 0 Å². The van der Waals surface area contributed by atoms with Crippen molar-refractivity contribution in [1.82, 2.24) is 0 Å². The Kier molecular flexibility index (Phi) is 5.78. The highest BCUT2D eigenvalue weighted by Crippen LogP contribution is 2.50. The summed E-state index contributed by atoms with van der Waals surface area (Å²) in [4.78, 5) is 1.31. The summed E-state index contributed by atoms with van der Waals surface area (Å²) in [5, 5.41) is 0.346. The second kappa shape index (κ2) is 7.11. The van der Waals surface area contributed by atoms with Crippen LogP contribution in [-0.4, -0.2) is 10.9 Å². The van der Waals surface area contributed by atoms with Crippen molar-refractivity contribution in [2.45, 2.75) is 95.8 Å². The molecule has 1 aliphatic heterocycles. The minimum Gasteiger partial charge on any atom is -0.481 e. The minimum atomic E-state index is -0.310. The molecule has 26 heavy (non-hydrogen) atoms. The smallest absolute Gasteiger partial charge is 0.137 e. The van der Waals surface area contributed by atoms with E-state index < -0.39 is 0 Å². The first kappa shape index (κ1) is 21.2. The molecule has 1 aromatic carbocycles. The van der Waals surface area contributed by atoms with Crippen molar-refractivity contribution in [2.24, 2.45) is 0 Å². The third-order valence-corrected chi connectivity index (χ3v) is 6.50. The summed E-state index contributed by atoms with van der Waals surface area (Å²) >= 11 is 1.95. The van der Waals surface area contributed by atoms with Gasteiger partial charge in [0.15, 0.2) is 0 Å². The standard InChI is InChI=1S/C24H36OS/c1-16(2)12-11-13-24(10)17(3)26-21-19(23(7,8)9)14-18(22(4,5)6)15-20(21)25-24/h11-15,17H,1-10H3/b13-11+/t17-,24+/m1/s1. The number of ether oxygens (including phenoxy) is 1. The molecule has 0 unspecified atom stereocenters. The van der Waals surface area contributed by atoms with Crippen LogP contribution in [0.3, 0.4) is 0 Å². The first-order chi connectivity index (χ1) is 11.7. The summed E-state index contributed by atoms with van der Waals surface area (Å²) in [6.07, 6.45) is 6.49. The zero-order valence-corrected chi connectivity index (χ0v) is 19.1. The lowest BCUT2D eigenvalue weighted by molar-refractivity contribution is 0.131. The molecular weight excluding hydrogens is 336 g/mol. The largest absolute Gasteiger partial charge is 0.481 e. The Balaban J connectivity index is 2.58. The fourth-order valence-corrected chi connectivity index (χ4v) is 4.43. The van der Waals surface area contributed by atoms with E-state index in [4.69, 9.17) is 4.74 Å². The van der Waals surface area contributed by atoms with Crippen molar-refractivity contribution < 1.29 is 4.74 Å². The van der Waals surface area contributed by atoms with Crippen LogP contribution in [0.2, 0.25) is 0 Å². The maximum atomic E-state index is 6.65. The summed E-state index contributed by atoms with van der Waals surface area (Å²) in [5.41, 5.74) is 3.91. The van der Waals surface area contributed by atoms with Crippen LogP contribution in [0.1, 0.15) is 80.4 Å². The van der Waals surface area contributed by atoms with Crippen LogP contribution in [0.15, 0.2) is 40.8 Å². The summed E-state index contributed by atoms with van der Waals surface area (Å²) in [5.74, 6) is 1.04. The van der Waals surface area contributed by atoms with E-state index in [1.807, 2.05) is 11.8 Å². The van der Waals surface area contributed by atoms with E-state index in [9.17, 15) is 0 Å². The number of rotatable bonds is 2. The number of benzene rings is 1. The average molecular weight is 373 g/mol. The van der Waals surface area contributed by atoms with Crippen LogP contribution in [0, 0.1) is 0 Å². The monoisotopic (exact) mass is 372 g/mol. The van der Waals surface area contributed by atoms with Crippen molar-refractivity contribution in [2.75, 3.05) is 0 Å². The maximum absolute atomic E-state index is 6.65. The number of thioether (sulfide) groups is 1. The minimum absolute atomic E-state index is 0.0903. The van der Waals surface area contributed by atoms with Gasteiger partial charge in [-0.1, -0.05) is 65.3 Å². The van der Waals surface area contributed by atoms with Gasteiger partial charge in [-0.3, -0.25) is 0 Å². The molecule has 1 heterocycles. The SMILES string of the molecule is CC(C)=C/C=C/[C@]1(C)Oc2cc(C(C)(C)C)cc(C(C)(C)C)c2S[C@@H]1C. The van der Waals surface area contributed by atoms with E-state index in [0.29, 0.717) is 5.25 Å². The van der Waals surface area contributed by atoms with Crippen molar-refractivity contribution in [3.8, 4) is 5.75 Å². The molecule has 1 aromatic rings. The van der Waals surface area contributed by atoms with Gasteiger partial charge in [-0.15, -0.1) is 11.8 Å². The van der Waals surface area contributed by atoms with Crippen LogP contribution in [0.5, 0.6) is 5.75 Å². The lowest BCUT2D eigenvalue weighted by atomic mass is 9.80. The van der Waals surface area contributed by atoms with Gasteiger partial charge in [0, 0.05) is 0 Å². The number of hydrogen-bond donors (Lipinski definition) is 0. The maximum Gasteiger partial charge on any atom is 0.137 e. The summed E-state index contributed by atoms with van der Waals surface area (Å²) < 4.78 is 6.65. The van der Waals surface area contributed by atoms with Gasteiger partial charge in [0.05, 0.1) is 10.1 Å². The first-order valence-corrected chi connectivity index (χ1v) is 10.5. The number of allylic oxidation sites excluding steroid dienone is 3. The van der Waals surface area contributed by atoms with Gasteiger partial charge in [-0.2, -0.15) is 0 Å². The molecule has 0 radical (unpaired) electrons. The van der Waals surface area contributed by atoms with Crippen molar-refractivity contribution >= 4 is 11.8 Å². The number of hydrogen-bond acceptors (Lipinski definition) is 2. The van der Waals surface area contributed by atoms with Crippen LogP contribution < -0.4 is 4.74 Å². The molecule has 0 N–H and O–H groups in total. The highest BCUT2D eigenvalue weighted by atomic mass is 32.2. The van der Waals surface area contributed by atoms with Crippen molar-refractivity contribution in [1.29, 1.82) is 0 Å². The van der Waals surface area contributed by atoms with Crippen LogP contribution in [-0.2, 0) is 10.8 Å². The molecule has 1 nitrogen and oxygen atoms in total. The molecule has 0 amide bonds. The number of fused-ring (bicyclic) bond motifs is 1. The van der Waals surface area contributed by atoms with Gasteiger partial charge in [0.25, 0.3) is 0 Å². The van der Waals surface area contributed by atoms with Gasteiger partial charge in [-0.25, -0.2) is 0 Å². The summed E-state index contributed by atoms with van der Waals surface area (Å²) in [6, 6.07) is 4.65. The van der Waals surface area contributed by atoms with Crippen LogP contribution >= 0.6 is 11.8 Å². The molecule has 0 fully saturated rings. The molecule has 0 aliphatic carbocycles. The van der Waals surface area contributed by atoms with Crippen LogP contribution in [0.25, 0.3) is 0 Å². The molecule has 0 bridgehead atoms. The Bertz CT molecular complexity index is 724. The van der Waals surface area contributed by atoms with Gasteiger partial charge >= 0.3 is 0 Å². The normalized spacial score (nSPS) is 23.5. The molecule has 0 saturated carbocycles. The molecule has 0 saturated heterocycles. The van der Waals surface area contributed by atoms with E-state index in [0.717, 1.165) is 5.75 Å². The van der Waals surface area contributed by atoms with Crippen LogP contribution in [0.4, 0.5) is 0 Å². The predicted octanol–water partition coefficient (Wildman–Crippen LogP) is 7.44. The Labute approximate surface area is 165 Å². The van der Waals surface area contributed by atoms with Gasteiger partial charge in [0.1, 0.15) is 11.4 Å². The molecule has 2 rings (SSSR count). The van der Waals surface area contributed by atoms with E-state index in [2.05, 4.69) is 99.6 Å². The lowest BCUT2D eigenvalue weighted by Crippen LogP contribution is -2.42. The fourth-order valence-electron chi connectivity index (χ4n) is 3.00. The second-order valence-corrected chi connectivity index (χ2v) is 11.4. The Hall–Kier alpha value is -1.15. The molecule has 0 spiro atoms. The summed E-state index contributed by atoms with van der Waals surface area (Å²) in [7, 11) is 0.